The highest BCUT2D eigenvalue weighted by Crippen LogP contribution is 2.32. The summed E-state index contributed by atoms with van der Waals surface area (Å²) in [5, 5.41) is 10.2. The van der Waals surface area contributed by atoms with Crippen LogP contribution >= 0.6 is 35.0 Å². The third kappa shape index (κ3) is 3.43. The SMILES string of the molecule is CCn1c(SCc2c(F)cccc2Cl)nnc1-c1ccccc1Cl. The van der Waals surface area contributed by atoms with Gasteiger partial charge < -0.3 is 4.57 Å². The first-order chi connectivity index (χ1) is 11.6. The van der Waals surface area contributed by atoms with Crippen LogP contribution in [-0.2, 0) is 12.3 Å². The number of aromatic nitrogens is 3. The van der Waals surface area contributed by atoms with Crippen LogP contribution in [0.3, 0.4) is 0 Å². The Kier molecular flexibility index (Phi) is 5.43. The zero-order valence-corrected chi connectivity index (χ0v) is 15.2. The number of rotatable bonds is 5. The average Bonchev–Trinajstić information content (AvgIpc) is 2.97. The molecule has 3 aromatic rings. The molecule has 0 aliphatic heterocycles. The lowest BCUT2D eigenvalue weighted by molar-refractivity contribution is 0.617. The lowest BCUT2D eigenvalue weighted by Crippen LogP contribution is -2.00. The van der Waals surface area contributed by atoms with Crippen molar-refractivity contribution in [1.29, 1.82) is 0 Å². The van der Waals surface area contributed by atoms with Crippen molar-refractivity contribution >= 4 is 35.0 Å². The number of thioether (sulfide) groups is 1. The zero-order chi connectivity index (χ0) is 17.1. The molecule has 0 amide bonds. The number of hydrogen-bond donors (Lipinski definition) is 0. The summed E-state index contributed by atoms with van der Waals surface area (Å²) in [7, 11) is 0. The van der Waals surface area contributed by atoms with Gasteiger partial charge in [-0.15, -0.1) is 10.2 Å². The Labute approximate surface area is 153 Å². The van der Waals surface area contributed by atoms with Crippen LogP contribution in [0.25, 0.3) is 11.4 Å². The average molecular weight is 382 g/mol. The summed E-state index contributed by atoms with van der Waals surface area (Å²) in [4.78, 5) is 0. The highest BCUT2D eigenvalue weighted by atomic mass is 35.5. The maximum atomic E-state index is 13.9. The van der Waals surface area contributed by atoms with Gasteiger partial charge in [0, 0.05) is 28.4 Å². The van der Waals surface area contributed by atoms with Crippen LogP contribution in [0.5, 0.6) is 0 Å². The van der Waals surface area contributed by atoms with E-state index in [-0.39, 0.29) is 5.82 Å². The van der Waals surface area contributed by atoms with Crippen LogP contribution in [0, 0.1) is 5.82 Å². The first-order valence-electron chi connectivity index (χ1n) is 7.35. The van der Waals surface area contributed by atoms with E-state index >= 15 is 0 Å². The fourth-order valence-electron chi connectivity index (χ4n) is 2.33. The zero-order valence-electron chi connectivity index (χ0n) is 12.8. The van der Waals surface area contributed by atoms with Crippen molar-refractivity contribution in [2.45, 2.75) is 24.4 Å². The highest BCUT2D eigenvalue weighted by molar-refractivity contribution is 7.98. The molecular formula is C17H14Cl2FN3S. The summed E-state index contributed by atoms with van der Waals surface area (Å²) in [5.41, 5.74) is 1.29. The van der Waals surface area contributed by atoms with E-state index in [1.165, 1.54) is 17.8 Å². The molecule has 0 bridgehead atoms. The molecule has 7 heteroatoms. The van der Waals surface area contributed by atoms with E-state index in [2.05, 4.69) is 10.2 Å². The van der Waals surface area contributed by atoms with Crippen LogP contribution < -0.4 is 0 Å². The van der Waals surface area contributed by atoms with E-state index in [1.807, 2.05) is 35.8 Å². The molecule has 0 aliphatic rings. The molecule has 1 heterocycles. The lowest BCUT2D eigenvalue weighted by Gasteiger charge is -2.09. The maximum Gasteiger partial charge on any atom is 0.191 e. The van der Waals surface area contributed by atoms with Gasteiger partial charge in [-0.05, 0) is 31.2 Å². The number of nitrogens with zero attached hydrogens (tertiary/aromatic N) is 3. The summed E-state index contributed by atoms with van der Waals surface area (Å²) < 4.78 is 15.9. The molecule has 2 aromatic carbocycles. The maximum absolute atomic E-state index is 13.9. The van der Waals surface area contributed by atoms with Crippen molar-refractivity contribution in [2.24, 2.45) is 0 Å². The van der Waals surface area contributed by atoms with Gasteiger partial charge in [0.2, 0.25) is 0 Å². The molecule has 0 spiro atoms. The van der Waals surface area contributed by atoms with Gasteiger partial charge in [-0.3, -0.25) is 0 Å². The van der Waals surface area contributed by atoms with Gasteiger partial charge in [0.05, 0.1) is 5.02 Å². The third-order valence-electron chi connectivity index (χ3n) is 3.56. The molecule has 24 heavy (non-hydrogen) atoms. The number of hydrogen-bond acceptors (Lipinski definition) is 3. The minimum atomic E-state index is -0.316. The Hall–Kier alpha value is -1.56. The van der Waals surface area contributed by atoms with Crippen molar-refractivity contribution in [3.63, 3.8) is 0 Å². The minimum Gasteiger partial charge on any atom is -0.302 e. The van der Waals surface area contributed by atoms with E-state index in [9.17, 15) is 4.39 Å². The first-order valence-corrected chi connectivity index (χ1v) is 9.09. The molecule has 1 aromatic heterocycles. The van der Waals surface area contributed by atoms with Gasteiger partial charge in [0.15, 0.2) is 11.0 Å². The van der Waals surface area contributed by atoms with Gasteiger partial charge in [0.25, 0.3) is 0 Å². The summed E-state index contributed by atoms with van der Waals surface area (Å²) in [6.07, 6.45) is 0. The van der Waals surface area contributed by atoms with Gasteiger partial charge in [0.1, 0.15) is 5.82 Å². The topological polar surface area (TPSA) is 30.7 Å². The van der Waals surface area contributed by atoms with Gasteiger partial charge in [-0.1, -0.05) is 53.2 Å². The van der Waals surface area contributed by atoms with Gasteiger partial charge in [-0.25, -0.2) is 4.39 Å². The van der Waals surface area contributed by atoms with Crippen LogP contribution in [0.1, 0.15) is 12.5 Å². The van der Waals surface area contributed by atoms with Crippen molar-refractivity contribution in [3.05, 3.63) is 63.9 Å². The Morgan fingerprint density at radius 1 is 1.04 bits per heavy atom. The molecule has 0 radical (unpaired) electrons. The Bertz CT molecular complexity index is 847. The quantitative estimate of drug-likeness (QED) is 0.530. The second kappa shape index (κ2) is 7.55. The Morgan fingerprint density at radius 2 is 1.79 bits per heavy atom. The highest BCUT2D eigenvalue weighted by Gasteiger charge is 2.16. The molecule has 0 fully saturated rings. The Balaban J connectivity index is 1.89. The van der Waals surface area contributed by atoms with Crippen LogP contribution in [-0.4, -0.2) is 14.8 Å². The van der Waals surface area contributed by atoms with E-state index in [0.717, 1.165) is 5.56 Å². The Morgan fingerprint density at radius 3 is 2.50 bits per heavy atom. The van der Waals surface area contributed by atoms with Gasteiger partial charge >= 0.3 is 0 Å². The lowest BCUT2D eigenvalue weighted by atomic mass is 10.2. The monoisotopic (exact) mass is 381 g/mol. The fraction of sp³-hybridized carbons (Fsp3) is 0.176. The predicted molar refractivity (Wildman–Crippen MR) is 97.1 cm³/mol. The summed E-state index contributed by atoms with van der Waals surface area (Å²) >= 11 is 13.7. The van der Waals surface area contributed by atoms with Crippen molar-refractivity contribution in [3.8, 4) is 11.4 Å². The summed E-state index contributed by atoms with van der Waals surface area (Å²) in [6.45, 7) is 2.69. The number of benzene rings is 2. The van der Waals surface area contributed by atoms with Crippen LogP contribution in [0.15, 0.2) is 47.6 Å². The molecule has 0 unspecified atom stereocenters. The summed E-state index contributed by atoms with van der Waals surface area (Å²) in [5.74, 6) is 0.765. The molecule has 0 saturated carbocycles. The van der Waals surface area contributed by atoms with Gasteiger partial charge in [-0.2, -0.15) is 0 Å². The van der Waals surface area contributed by atoms with E-state index < -0.39 is 0 Å². The van der Waals surface area contributed by atoms with Crippen molar-refractivity contribution in [2.75, 3.05) is 0 Å². The normalized spacial score (nSPS) is 11.0. The molecule has 3 rings (SSSR count). The predicted octanol–water partition coefficient (Wildman–Crippen LogP) is 5.70. The fourth-order valence-corrected chi connectivity index (χ4v) is 3.90. The third-order valence-corrected chi connectivity index (χ3v) is 5.23. The molecule has 3 nitrogen and oxygen atoms in total. The van der Waals surface area contributed by atoms with Crippen molar-refractivity contribution in [1.82, 2.24) is 14.8 Å². The molecule has 124 valence electrons. The van der Waals surface area contributed by atoms with Crippen LogP contribution in [0.4, 0.5) is 4.39 Å². The van der Waals surface area contributed by atoms with E-state index in [4.69, 9.17) is 23.2 Å². The summed E-state index contributed by atoms with van der Waals surface area (Å²) in [6, 6.07) is 12.2. The standard InChI is InChI=1S/C17H14Cl2FN3S/c1-2-23-16(11-6-3-4-7-13(11)18)21-22-17(23)24-10-12-14(19)8-5-9-15(12)20/h3-9H,2,10H2,1H3. The molecular weight excluding hydrogens is 368 g/mol. The molecule has 0 atom stereocenters. The smallest absolute Gasteiger partial charge is 0.191 e. The van der Waals surface area contributed by atoms with E-state index in [1.54, 1.807) is 12.1 Å². The first kappa shape index (κ1) is 17.3. The number of halogens is 3. The minimum absolute atomic E-state index is 0.316. The second-order valence-corrected chi connectivity index (χ2v) is 6.78. The molecule has 0 N–H and O–H groups in total. The van der Waals surface area contributed by atoms with Crippen molar-refractivity contribution < 1.29 is 4.39 Å². The largest absolute Gasteiger partial charge is 0.302 e. The molecule has 0 aliphatic carbocycles. The second-order valence-electron chi connectivity index (χ2n) is 5.02. The molecule has 0 saturated heterocycles. The van der Waals surface area contributed by atoms with Crippen LogP contribution in [0.2, 0.25) is 10.0 Å². The van der Waals surface area contributed by atoms with E-state index in [0.29, 0.717) is 38.9 Å².